The highest BCUT2D eigenvalue weighted by Gasteiger charge is 2.44. The van der Waals surface area contributed by atoms with Gasteiger partial charge in [0.05, 0.1) is 49.0 Å². The van der Waals surface area contributed by atoms with E-state index in [1.807, 2.05) is 30.3 Å². The molecule has 1 saturated carbocycles. The molecule has 0 spiro atoms. The van der Waals surface area contributed by atoms with Gasteiger partial charge in [0.25, 0.3) is 0 Å². The number of hydrogen-bond acceptors (Lipinski definition) is 7. The Bertz CT molecular complexity index is 1700. The molecule has 2 aromatic carbocycles. The number of carbonyl (C=O) groups is 2. The van der Waals surface area contributed by atoms with Gasteiger partial charge >= 0.3 is 24.4 Å². The van der Waals surface area contributed by atoms with Gasteiger partial charge in [0.1, 0.15) is 17.7 Å². The lowest BCUT2D eigenvalue weighted by Crippen LogP contribution is -2.38. The molecular formula is C35H35F6N3O5. The number of amides is 1. The van der Waals surface area contributed by atoms with Gasteiger partial charge in [-0.3, -0.25) is 9.69 Å². The number of aromatic nitrogens is 1. The molecule has 262 valence electrons. The predicted molar refractivity (Wildman–Crippen MR) is 166 cm³/mol. The number of methoxy groups -OCH3 is 1. The van der Waals surface area contributed by atoms with Crippen LogP contribution in [-0.2, 0) is 33.2 Å². The zero-order valence-electron chi connectivity index (χ0n) is 27.0. The Kier molecular flexibility index (Phi) is 9.18. The van der Waals surface area contributed by atoms with Crippen LogP contribution in [0.2, 0.25) is 0 Å². The number of nitrogens with zero attached hydrogens (tertiary/aromatic N) is 3. The largest absolute Gasteiger partial charge is 0.496 e. The second-order valence-electron chi connectivity index (χ2n) is 12.6. The van der Waals surface area contributed by atoms with E-state index in [-0.39, 0.29) is 30.4 Å². The fourth-order valence-electron chi connectivity index (χ4n) is 6.57. The van der Waals surface area contributed by atoms with Crippen molar-refractivity contribution in [2.45, 2.75) is 70.1 Å². The highest BCUT2D eigenvalue weighted by Crippen LogP contribution is 2.46. The second kappa shape index (κ2) is 13.1. The van der Waals surface area contributed by atoms with Gasteiger partial charge in [0.2, 0.25) is 0 Å². The van der Waals surface area contributed by atoms with Crippen LogP contribution in [0.15, 0.2) is 48.5 Å². The summed E-state index contributed by atoms with van der Waals surface area (Å²) in [5.41, 5.74) is -0.651. The number of alkyl halides is 6. The highest BCUT2D eigenvalue weighted by molar-refractivity contribution is 5.77. The van der Waals surface area contributed by atoms with Gasteiger partial charge in [0.15, 0.2) is 0 Å². The van der Waals surface area contributed by atoms with Crippen molar-refractivity contribution in [3.8, 4) is 16.9 Å². The number of benzene rings is 2. The summed E-state index contributed by atoms with van der Waals surface area (Å²) in [6, 6.07) is 9.73. The molecule has 0 radical (unpaired) electrons. The van der Waals surface area contributed by atoms with E-state index in [9.17, 15) is 35.9 Å². The number of ether oxygens (including phenoxy) is 3. The Hall–Kier alpha value is -4.49. The van der Waals surface area contributed by atoms with Gasteiger partial charge in [-0.15, -0.1) is 0 Å². The molecule has 0 bridgehead atoms. The summed E-state index contributed by atoms with van der Waals surface area (Å²) in [7, 11) is 1.52. The van der Waals surface area contributed by atoms with E-state index >= 15 is 0 Å². The van der Waals surface area contributed by atoms with Gasteiger partial charge in [-0.05, 0) is 92.6 Å². The summed E-state index contributed by atoms with van der Waals surface area (Å²) >= 11 is 0. The van der Waals surface area contributed by atoms with E-state index in [0.29, 0.717) is 60.0 Å². The minimum atomic E-state index is -5.05. The molecule has 3 fully saturated rings. The quantitative estimate of drug-likeness (QED) is 0.166. The van der Waals surface area contributed by atoms with Gasteiger partial charge < -0.3 is 19.1 Å². The first kappa shape index (κ1) is 34.4. The lowest BCUT2D eigenvalue weighted by molar-refractivity contribution is -0.151. The highest BCUT2D eigenvalue weighted by atomic mass is 19.4. The normalized spacial score (nSPS) is 22.3. The standard InChI is InChI=1S/C35H35F6N3O5/c1-4-48-32(45)23-12-21(13-23)20-6-8-29(47-3)27(16-20)26-7-9-30(43-10-5-11-43)42-28(26)18-44-19(2)31(49-33(44)46)22-14-24(34(36,37)38)17-25(15-22)35(39,40)41/h6-9,14-17,19,21,23,31H,4-5,10-13,18H2,1-3H3/t19-,21?,23?,31-/m0/s1. The van der Waals surface area contributed by atoms with Crippen molar-refractivity contribution in [1.82, 2.24) is 9.88 Å². The maximum atomic E-state index is 13.6. The van der Waals surface area contributed by atoms with Crippen LogP contribution in [0.4, 0.5) is 37.0 Å². The number of anilines is 1. The summed E-state index contributed by atoms with van der Waals surface area (Å²) in [6.45, 7) is 5.03. The number of esters is 1. The van der Waals surface area contributed by atoms with E-state index < -0.39 is 47.3 Å². The molecule has 3 heterocycles. The third-order valence-electron chi connectivity index (χ3n) is 9.53. The van der Waals surface area contributed by atoms with Crippen molar-refractivity contribution in [2.75, 3.05) is 31.7 Å². The topological polar surface area (TPSA) is 81.2 Å². The van der Waals surface area contributed by atoms with Crippen molar-refractivity contribution < 1.29 is 50.1 Å². The van der Waals surface area contributed by atoms with Crippen LogP contribution >= 0.6 is 0 Å². The van der Waals surface area contributed by atoms with Crippen molar-refractivity contribution in [3.63, 3.8) is 0 Å². The molecule has 1 aliphatic carbocycles. The lowest BCUT2D eigenvalue weighted by atomic mass is 9.71. The fourth-order valence-corrected chi connectivity index (χ4v) is 6.57. The summed E-state index contributed by atoms with van der Waals surface area (Å²) in [5.74, 6) is 0.914. The van der Waals surface area contributed by atoms with Crippen LogP contribution in [-0.4, -0.2) is 54.8 Å². The first-order chi connectivity index (χ1) is 23.2. The third kappa shape index (κ3) is 6.86. The third-order valence-corrected chi connectivity index (χ3v) is 9.53. The Morgan fingerprint density at radius 2 is 1.61 bits per heavy atom. The molecule has 2 saturated heterocycles. The lowest BCUT2D eigenvalue weighted by Gasteiger charge is -2.34. The molecule has 8 nitrogen and oxygen atoms in total. The number of pyridine rings is 1. The Labute approximate surface area is 278 Å². The summed E-state index contributed by atoms with van der Waals surface area (Å²) < 4.78 is 98.1. The summed E-state index contributed by atoms with van der Waals surface area (Å²) in [5, 5.41) is 0. The molecule has 1 aromatic heterocycles. The number of cyclic esters (lactones) is 1. The molecule has 14 heteroatoms. The molecule has 2 aliphatic heterocycles. The van der Waals surface area contributed by atoms with Gasteiger partial charge in [-0.25, -0.2) is 9.78 Å². The Morgan fingerprint density at radius 3 is 2.18 bits per heavy atom. The maximum Gasteiger partial charge on any atom is 0.416 e. The van der Waals surface area contributed by atoms with Gasteiger partial charge in [0, 0.05) is 24.2 Å². The maximum absolute atomic E-state index is 13.6. The van der Waals surface area contributed by atoms with Crippen LogP contribution < -0.4 is 9.64 Å². The fraction of sp³-hybridized carbons (Fsp3) is 0.457. The monoisotopic (exact) mass is 691 g/mol. The van der Waals surface area contributed by atoms with Crippen LogP contribution in [0, 0.1) is 5.92 Å². The van der Waals surface area contributed by atoms with E-state index in [1.54, 1.807) is 6.92 Å². The number of hydrogen-bond donors (Lipinski definition) is 0. The molecule has 6 rings (SSSR count). The number of rotatable bonds is 9. The average molecular weight is 692 g/mol. The average Bonchev–Trinajstić information content (AvgIpc) is 3.27. The first-order valence-corrected chi connectivity index (χ1v) is 16.0. The molecular weight excluding hydrogens is 656 g/mol. The van der Waals surface area contributed by atoms with E-state index in [1.165, 1.54) is 18.9 Å². The number of halogens is 6. The van der Waals surface area contributed by atoms with E-state index in [2.05, 4.69) is 4.90 Å². The summed E-state index contributed by atoms with van der Waals surface area (Å²) in [6.07, 6.45) is -10.2. The van der Waals surface area contributed by atoms with Crippen molar-refractivity contribution in [3.05, 3.63) is 76.5 Å². The van der Waals surface area contributed by atoms with Crippen LogP contribution in [0.5, 0.6) is 5.75 Å². The summed E-state index contributed by atoms with van der Waals surface area (Å²) in [4.78, 5) is 33.7. The smallest absolute Gasteiger partial charge is 0.416 e. The van der Waals surface area contributed by atoms with Crippen molar-refractivity contribution >= 4 is 17.9 Å². The van der Waals surface area contributed by atoms with Crippen LogP contribution in [0.1, 0.15) is 73.1 Å². The van der Waals surface area contributed by atoms with Crippen LogP contribution in [0.3, 0.4) is 0 Å². The molecule has 3 aromatic rings. The molecule has 0 N–H and O–H groups in total. The Balaban J connectivity index is 1.34. The van der Waals surface area contributed by atoms with Gasteiger partial charge in [-0.1, -0.05) is 6.07 Å². The van der Waals surface area contributed by atoms with Crippen molar-refractivity contribution in [2.24, 2.45) is 5.92 Å². The molecule has 3 aliphatic rings. The zero-order chi connectivity index (χ0) is 35.2. The minimum Gasteiger partial charge on any atom is -0.496 e. The molecule has 1 amide bonds. The zero-order valence-corrected chi connectivity index (χ0v) is 27.0. The molecule has 2 atom stereocenters. The minimum absolute atomic E-state index is 0.0439. The second-order valence-corrected chi connectivity index (χ2v) is 12.6. The van der Waals surface area contributed by atoms with E-state index in [0.717, 1.165) is 25.1 Å². The molecule has 0 unspecified atom stereocenters. The molecule has 49 heavy (non-hydrogen) atoms. The van der Waals surface area contributed by atoms with Crippen LogP contribution in [0.25, 0.3) is 11.1 Å². The van der Waals surface area contributed by atoms with E-state index in [4.69, 9.17) is 19.2 Å². The number of carbonyl (C=O) groups excluding carboxylic acids is 2. The first-order valence-electron chi connectivity index (χ1n) is 16.0. The SMILES string of the molecule is CCOC(=O)C1CC(c2ccc(OC)c(-c3ccc(N4CCC4)nc3CN3C(=O)O[C@H](c4cc(C(F)(F)F)cc(C(F)(F)F)c4)[C@@H]3C)c2)C1. The predicted octanol–water partition coefficient (Wildman–Crippen LogP) is 8.14. The van der Waals surface area contributed by atoms with Crippen molar-refractivity contribution in [1.29, 1.82) is 0 Å². The Morgan fingerprint density at radius 1 is 0.939 bits per heavy atom. The van der Waals surface area contributed by atoms with Gasteiger partial charge in [-0.2, -0.15) is 26.3 Å².